The number of benzene rings is 2. The number of aromatic amines is 1. The van der Waals surface area contributed by atoms with Gasteiger partial charge in [-0.25, -0.2) is 18.2 Å². The second-order valence-electron chi connectivity index (χ2n) is 6.05. The molecule has 0 saturated heterocycles. The van der Waals surface area contributed by atoms with Gasteiger partial charge in [0.2, 0.25) is 0 Å². The third-order valence-corrected chi connectivity index (χ3v) is 4.32. The lowest BCUT2D eigenvalue weighted by Crippen LogP contribution is -1.89. The van der Waals surface area contributed by atoms with Crippen LogP contribution in [0.25, 0.3) is 33.5 Å². The molecule has 0 atom stereocenters. The molecule has 0 unspecified atom stereocenters. The summed E-state index contributed by atoms with van der Waals surface area (Å²) in [6, 6.07) is 10.7. The number of aryl methyl sites for hydroxylation is 1. The monoisotopic (exact) mass is 353 g/mol. The van der Waals surface area contributed by atoms with Gasteiger partial charge >= 0.3 is 0 Å². The van der Waals surface area contributed by atoms with Crippen LogP contribution < -0.4 is 0 Å². The van der Waals surface area contributed by atoms with E-state index in [0.717, 1.165) is 11.1 Å². The van der Waals surface area contributed by atoms with E-state index in [1.165, 1.54) is 18.2 Å². The van der Waals surface area contributed by atoms with Crippen LogP contribution in [0, 0.1) is 12.7 Å². The van der Waals surface area contributed by atoms with E-state index in [0.29, 0.717) is 28.0 Å². The highest BCUT2D eigenvalue weighted by atomic mass is 19.3. The Morgan fingerprint density at radius 3 is 2.46 bits per heavy atom. The molecule has 0 aliphatic heterocycles. The number of hydrogen-bond donors (Lipinski definition) is 1. The third kappa shape index (κ3) is 2.83. The predicted octanol–water partition coefficient (Wildman–Crippen LogP) is 5.68. The first kappa shape index (κ1) is 16.3. The molecule has 2 aromatic heterocycles. The topological polar surface area (TPSA) is 41.6 Å². The van der Waals surface area contributed by atoms with Gasteiger partial charge < -0.3 is 4.98 Å². The summed E-state index contributed by atoms with van der Waals surface area (Å²) in [6.45, 7) is 1.87. The van der Waals surface area contributed by atoms with Crippen LogP contribution in [0.4, 0.5) is 13.2 Å². The molecule has 4 aromatic rings. The Labute approximate surface area is 147 Å². The van der Waals surface area contributed by atoms with Crippen LogP contribution in [0.1, 0.15) is 17.6 Å². The number of halogens is 3. The summed E-state index contributed by atoms with van der Waals surface area (Å²) in [6.07, 6.45) is 0.789. The number of alkyl halides is 2. The van der Waals surface area contributed by atoms with Crippen LogP contribution in [0.2, 0.25) is 0 Å². The number of H-pyrrole nitrogens is 1. The molecule has 0 bridgehead atoms. The van der Waals surface area contributed by atoms with Crippen LogP contribution >= 0.6 is 0 Å². The van der Waals surface area contributed by atoms with E-state index in [-0.39, 0.29) is 11.4 Å². The molecular formula is C20H14F3N3. The average Bonchev–Trinajstić information content (AvgIpc) is 3.04. The summed E-state index contributed by atoms with van der Waals surface area (Å²) in [7, 11) is 0. The summed E-state index contributed by atoms with van der Waals surface area (Å²) in [5.41, 5.74) is 3.85. The first-order valence-electron chi connectivity index (χ1n) is 8.01. The number of nitrogens with one attached hydrogen (secondary N) is 1. The summed E-state index contributed by atoms with van der Waals surface area (Å²) >= 11 is 0. The zero-order valence-electron chi connectivity index (χ0n) is 13.8. The van der Waals surface area contributed by atoms with Crippen molar-refractivity contribution < 1.29 is 13.2 Å². The second-order valence-corrected chi connectivity index (χ2v) is 6.05. The van der Waals surface area contributed by atoms with E-state index in [9.17, 15) is 13.2 Å². The third-order valence-electron chi connectivity index (χ3n) is 4.32. The van der Waals surface area contributed by atoms with Gasteiger partial charge in [0.15, 0.2) is 0 Å². The number of nitrogens with zero attached hydrogens (tertiary/aromatic N) is 2. The van der Waals surface area contributed by atoms with Crippen molar-refractivity contribution in [3.8, 4) is 22.5 Å². The molecule has 130 valence electrons. The normalized spacial score (nSPS) is 11.4. The Morgan fingerprint density at radius 2 is 1.77 bits per heavy atom. The fourth-order valence-electron chi connectivity index (χ4n) is 2.94. The average molecular weight is 353 g/mol. The van der Waals surface area contributed by atoms with Crippen molar-refractivity contribution in [3.05, 3.63) is 71.8 Å². The molecule has 2 aromatic carbocycles. The zero-order chi connectivity index (χ0) is 18.3. The predicted molar refractivity (Wildman–Crippen MR) is 94.4 cm³/mol. The Morgan fingerprint density at radius 1 is 1.00 bits per heavy atom. The highest BCUT2D eigenvalue weighted by Gasteiger charge is 2.13. The van der Waals surface area contributed by atoms with Gasteiger partial charge in [-0.3, -0.25) is 4.98 Å². The van der Waals surface area contributed by atoms with Crippen molar-refractivity contribution in [1.29, 1.82) is 0 Å². The lowest BCUT2D eigenvalue weighted by Gasteiger charge is -2.06. The molecule has 6 heteroatoms. The van der Waals surface area contributed by atoms with Crippen molar-refractivity contribution in [3.63, 3.8) is 0 Å². The van der Waals surface area contributed by atoms with Crippen molar-refractivity contribution in [2.45, 2.75) is 13.3 Å². The fraction of sp³-hybridized carbons (Fsp3) is 0.100. The first-order chi connectivity index (χ1) is 12.5. The van der Waals surface area contributed by atoms with E-state index in [1.807, 2.05) is 6.92 Å². The standard InChI is InChI=1S/C20H14F3N3/c1-11-10-24-7-6-14(11)15-8-17-18(9-16(15)21)26-20(25-17)13-4-2-12(3-5-13)19(22)23/h2-10,19H,1H3,(H,25,26). The first-order valence-corrected chi connectivity index (χ1v) is 8.01. The number of pyridine rings is 1. The van der Waals surface area contributed by atoms with Crippen LogP contribution in [0.5, 0.6) is 0 Å². The smallest absolute Gasteiger partial charge is 0.263 e. The van der Waals surface area contributed by atoms with Gasteiger partial charge in [0.05, 0.1) is 11.0 Å². The Balaban J connectivity index is 1.79. The van der Waals surface area contributed by atoms with Gasteiger partial charge in [-0.15, -0.1) is 0 Å². The molecule has 0 aliphatic carbocycles. The van der Waals surface area contributed by atoms with Crippen molar-refractivity contribution >= 4 is 11.0 Å². The van der Waals surface area contributed by atoms with Crippen LogP contribution in [-0.4, -0.2) is 15.0 Å². The van der Waals surface area contributed by atoms with Gasteiger partial charge in [-0.1, -0.05) is 24.3 Å². The summed E-state index contributed by atoms with van der Waals surface area (Å²) in [5.74, 6) is 0.127. The molecule has 0 spiro atoms. The molecule has 1 N–H and O–H groups in total. The van der Waals surface area contributed by atoms with Crippen molar-refractivity contribution in [2.75, 3.05) is 0 Å². The molecule has 0 saturated carbocycles. The largest absolute Gasteiger partial charge is 0.338 e. The van der Waals surface area contributed by atoms with Gasteiger partial charge in [0.25, 0.3) is 6.43 Å². The molecular weight excluding hydrogens is 339 g/mol. The molecule has 0 fully saturated rings. The van der Waals surface area contributed by atoms with Gasteiger partial charge in [-0.05, 0) is 30.2 Å². The van der Waals surface area contributed by atoms with Crippen LogP contribution in [0.15, 0.2) is 54.9 Å². The molecule has 0 amide bonds. The quantitative estimate of drug-likeness (QED) is 0.515. The van der Waals surface area contributed by atoms with Crippen molar-refractivity contribution in [2.24, 2.45) is 0 Å². The van der Waals surface area contributed by atoms with E-state index in [4.69, 9.17) is 0 Å². The number of rotatable bonds is 3. The maximum atomic E-state index is 14.6. The summed E-state index contributed by atoms with van der Waals surface area (Å²) < 4.78 is 39.9. The number of imidazole rings is 1. The number of hydrogen-bond acceptors (Lipinski definition) is 2. The van der Waals surface area contributed by atoms with Crippen LogP contribution in [-0.2, 0) is 0 Å². The highest BCUT2D eigenvalue weighted by molar-refractivity contribution is 5.85. The summed E-state index contributed by atoms with van der Waals surface area (Å²) in [5, 5.41) is 0. The summed E-state index contributed by atoms with van der Waals surface area (Å²) in [4.78, 5) is 11.5. The Hall–Kier alpha value is -3.15. The molecule has 26 heavy (non-hydrogen) atoms. The van der Waals surface area contributed by atoms with Crippen molar-refractivity contribution in [1.82, 2.24) is 15.0 Å². The SMILES string of the molecule is Cc1cnccc1-c1cc2[nH]c(-c3ccc(C(F)F)cc3)nc2cc1F. The zero-order valence-corrected chi connectivity index (χ0v) is 13.8. The minimum absolute atomic E-state index is 0.0497. The second kappa shape index (κ2) is 6.29. The molecule has 2 heterocycles. The van der Waals surface area contributed by atoms with Gasteiger partial charge in [-0.2, -0.15) is 0 Å². The lowest BCUT2D eigenvalue weighted by molar-refractivity contribution is 0.151. The van der Waals surface area contributed by atoms with Gasteiger partial charge in [0, 0.05) is 35.2 Å². The van der Waals surface area contributed by atoms with E-state index < -0.39 is 6.43 Å². The number of aromatic nitrogens is 3. The molecule has 0 aliphatic rings. The Bertz CT molecular complexity index is 1090. The highest BCUT2D eigenvalue weighted by Crippen LogP contribution is 2.30. The fourth-order valence-corrected chi connectivity index (χ4v) is 2.94. The Kier molecular flexibility index (Phi) is 3.95. The maximum absolute atomic E-state index is 14.6. The van der Waals surface area contributed by atoms with E-state index in [1.54, 1.807) is 36.7 Å². The minimum atomic E-state index is -2.51. The molecule has 0 radical (unpaired) electrons. The lowest BCUT2D eigenvalue weighted by atomic mass is 10.0. The van der Waals surface area contributed by atoms with E-state index in [2.05, 4.69) is 15.0 Å². The molecule has 3 nitrogen and oxygen atoms in total. The van der Waals surface area contributed by atoms with Gasteiger partial charge in [0.1, 0.15) is 11.6 Å². The van der Waals surface area contributed by atoms with Crippen LogP contribution in [0.3, 0.4) is 0 Å². The molecule has 4 rings (SSSR count). The van der Waals surface area contributed by atoms with E-state index >= 15 is 0 Å². The number of fused-ring (bicyclic) bond motifs is 1. The maximum Gasteiger partial charge on any atom is 0.263 e. The minimum Gasteiger partial charge on any atom is -0.338 e.